The number of aromatic amines is 1. The minimum atomic E-state index is -0.0791. The van der Waals surface area contributed by atoms with Crippen LogP contribution in [-0.4, -0.2) is 21.9 Å². The molecule has 5 rings (SSSR count). The summed E-state index contributed by atoms with van der Waals surface area (Å²) in [5.41, 5.74) is 5.38. The molecule has 156 valence electrons. The number of para-hydroxylation sites is 1. The van der Waals surface area contributed by atoms with Gasteiger partial charge in [0.15, 0.2) is 0 Å². The van der Waals surface area contributed by atoms with Crippen LogP contribution in [0.5, 0.6) is 0 Å². The van der Waals surface area contributed by atoms with Crippen molar-refractivity contribution in [2.45, 2.75) is 25.3 Å². The average molecular weight is 451 g/mol. The largest absolute Gasteiger partial charge is 0.349 e. The summed E-state index contributed by atoms with van der Waals surface area (Å²) in [5.74, 6) is 0.427. The van der Waals surface area contributed by atoms with E-state index >= 15 is 0 Å². The summed E-state index contributed by atoms with van der Waals surface area (Å²) in [5, 5.41) is 7.30. The number of rotatable bonds is 4. The Balaban J connectivity index is 1.32. The molecule has 1 heterocycles. The molecule has 0 spiro atoms. The van der Waals surface area contributed by atoms with Crippen LogP contribution >= 0.6 is 23.2 Å². The number of nitrogens with one attached hydrogen (secondary N) is 3. The lowest BCUT2D eigenvalue weighted by Gasteiger charge is -2.25. The predicted octanol–water partition coefficient (Wildman–Crippen LogP) is 5.90. The van der Waals surface area contributed by atoms with Gasteiger partial charge in [0.2, 0.25) is 5.95 Å². The lowest BCUT2D eigenvalue weighted by atomic mass is 9.88. The molecular formula is C24H20Cl2N4O. The summed E-state index contributed by atoms with van der Waals surface area (Å²) in [4.78, 5) is 20.6. The first-order valence-electron chi connectivity index (χ1n) is 10.2. The van der Waals surface area contributed by atoms with Crippen molar-refractivity contribution in [1.82, 2.24) is 15.3 Å². The third-order valence-electron chi connectivity index (χ3n) is 5.63. The minimum Gasteiger partial charge on any atom is -0.349 e. The Morgan fingerprint density at radius 2 is 1.77 bits per heavy atom. The highest BCUT2D eigenvalue weighted by atomic mass is 35.5. The molecule has 1 unspecified atom stereocenters. The first-order valence-corrected chi connectivity index (χ1v) is 10.9. The second kappa shape index (κ2) is 8.25. The van der Waals surface area contributed by atoms with Crippen LogP contribution in [0.15, 0.2) is 60.7 Å². The smallest absolute Gasteiger partial charge is 0.251 e. The maximum absolute atomic E-state index is 12.9. The van der Waals surface area contributed by atoms with Gasteiger partial charge in [0.1, 0.15) is 0 Å². The Bertz CT molecular complexity index is 1260. The standard InChI is InChI=1S/C24H20Cl2N4O/c25-18-6-3-7-19(26)22(18)30-24-28-20-11-9-16(13-21(20)29-24)23(31)27-17-10-8-14-4-1-2-5-15(14)12-17/h1-7,9,11,13,17H,8,10,12H2,(H,27,31)(H2,28,29,30). The zero-order valence-corrected chi connectivity index (χ0v) is 18.1. The quantitative estimate of drug-likeness (QED) is 0.362. The van der Waals surface area contributed by atoms with Gasteiger partial charge in [-0.05, 0) is 60.7 Å². The average Bonchev–Trinajstić information content (AvgIpc) is 3.18. The molecular weight excluding hydrogens is 431 g/mol. The van der Waals surface area contributed by atoms with Crippen molar-refractivity contribution < 1.29 is 4.79 Å². The summed E-state index contributed by atoms with van der Waals surface area (Å²) in [7, 11) is 0. The predicted molar refractivity (Wildman–Crippen MR) is 126 cm³/mol. The number of H-pyrrole nitrogens is 1. The molecule has 3 aromatic carbocycles. The van der Waals surface area contributed by atoms with E-state index < -0.39 is 0 Å². The highest BCUT2D eigenvalue weighted by molar-refractivity contribution is 6.39. The molecule has 1 aliphatic carbocycles. The Morgan fingerprint density at radius 3 is 2.58 bits per heavy atom. The van der Waals surface area contributed by atoms with E-state index in [2.05, 4.69) is 44.9 Å². The number of hydrogen-bond donors (Lipinski definition) is 3. The fraction of sp³-hybridized carbons (Fsp3) is 0.167. The van der Waals surface area contributed by atoms with E-state index in [4.69, 9.17) is 23.2 Å². The lowest BCUT2D eigenvalue weighted by Crippen LogP contribution is -2.38. The second-order valence-corrected chi connectivity index (χ2v) is 8.54. The number of aryl methyl sites for hydroxylation is 1. The molecule has 0 saturated carbocycles. The second-order valence-electron chi connectivity index (χ2n) is 7.72. The van der Waals surface area contributed by atoms with Crippen molar-refractivity contribution in [2.24, 2.45) is 0 Å². The van der Waals surface area contributed by atoms with Gasteiger partial charge < -0.3 is 15.6 Å². The third kappa shape index (κ3) is 4.11. The summed E-state index contributed by atoms with van der Waals surface area (Å²) in [6.07, 6.45) is 2.79. The van der Waals surface area contributed by atoms with Gasteiger partial charge in [-0.2, -0.15) is 0 Å². The highest BCUT2D eigenvalue weighted by Gasteiger charge is 2.21. The van der Waals surface area contributed by atoms with Crippen molar-refractivity contribution in [1.29, 1.82) is 0 Å². The van der Waals surface area contributed by atoms with Crippen molar-refractivity contribution >= 4 is 51.8 Å². The van der Waals surface area contributed by atoms with Gasteiger partial charge in [-0.15, -0.1) is 0 Å². The number of hydrogen-bond acceptors (Lipinski definition) is 3. The summed E-state index contributed by atoms with van der Waals surface area (Å²) in [6.45, 7) is 0. The molecule has 31 heavy (non-hydrogen) atoms. The summed E-state index contributed by atoms with van der Waals surface area (Å²) >= 11 is 12.5. The third-order valence-corrected chi connectivity index (χ3v) is 6.26. The first kappa shape index (κ1) is 19.9. The first-order chi connectivity index (χ1) is 15.1. The number of carbonyl (C=O) groups is 1. The molecule has 4 aromatic rings. The zero-order chi connectivity index (χ0) is 21.4. The van der Waals surface area contributed by atoms with E-state index in [9.17, 15) is 4.79 Å². The van der Waals surface area contributed by atoms with E-state index in [1.807, 2.05) is 12.1 Å². The molecule has 1 aliphatic rings. The number of nitrogens with zero attached hydrogens (tertiary/aromatic N) is 1. The SMILES string of the molecule is O=C(NC1CCc2ccccc2C1)c1ccc2nc(Nc3c(Cl)cccc3Cl)[nH]c2c1. The van der Waals surface area contributed by atoms with Gasteiger partial charge in [-0.25, -0.2) is 4.98 Å². The molecule has 1 atom stereocenters. The monoisotopic (exact) mass is 450 g/mol. The Labute approximate surface area is 189 Å². The van der Waals surface area contributed by atoms with Crippen LogP contribution in [-0.2, 0) is 12.8 Å². The van der Waals surface area contributed by atoms with Gasteiger partial charge >= 0.3 is 0 Å². The number of fused-ring (bicyclic) bond motifs is 2. The summed E-state index contributed by atoms with van der Waals surface area (Å²) in [6, 6.07) is 19.3. The molecule has 5 nitrogen and oxygen atoms in total. The highest BCUT2D eigenvalue weighted by Crippen LogP contribution is 2.32. The molecule has 0 saturated heterocycles. The van der Waals surface area contributed by atoms with Crippen LogP contribution in [0.1, 0.15) is 27.9 Å². The van der Waals surface area contributed by atoms with E-state index in [0.29, 0.717) is 27.2 Å². The number of benzene rings is 3. The zero-order valence-electron chi connectivity index (χ0n) is 16.6. The van der Waals surface area contributed by atoms with Gasteiger partial charge in [0, 0.05) is 11.6 Å². The fourth-order valence-electron chi connectivity index (χ4n) is 4.04. The van der Waals surface area contributed by atoms with Crippen LogP contribution < -0.4 is 10.6 Å². The fourth-order valence-corrected chi connectivity index (χ4v) is 4.53. The molecule has 0 radical (unpaired) electrons. The number of carbonyl (C=O) groups excluding carboxylic acids is 1. The van der Waals surface area contributed by atoms with E-state index in [1.54, 1.807) is 24.3 Å². The molecule has 7 heteroatoms. The maximum atomic E-state index is 12.9. The topological polar surface area (TPSA) is 69.8 Å². The van der Waals surface area contributed by atoms with Crippen molar-refractivity contribution in [2.75, 3.05) is 5.32 Å². The van der Waals surface area contributed by atoms with E-state index in [1.165, 1.54) is 11.1 Å². The molecule has 1 amide bonds. The van der Waals surface area contributed by atoms with Crippen molar-refractivity contribution in [3.63, 3.8) is 0 Å². The minimum absolute atomic E-state index is 0.0791. The molecule has 0 fully saturated rings. The Hall–Kier alpha value is -3.02. The van der Waals surface area contributed by atoms with Crippen LogP contribution in [0.25, 0.3) is 11.0 Å². The van der Waals surface area contributed by atoms with Crippen LogP contribution in [0.4, 0.5) is 11.6 Å². The lowest BCUT2D eigenvalue weighted by molar-refractivity contribution is 0.0934. The van der Waals surface area contributed by atoms with E-state index in [-0.39, 0.29) is 11.9 Å². The van der Waals surface area contributed by atoms with Gasteiger partial charge in [0.05, 0.1) is 26.8 Å². The number of imidazole rings is 1. The number of anilines is 2. The van der Waals surface area contributed by atoms with E-state index in [0.717, 1.165) is 30.3 Å². The summed E-state index contributed by atoms with van der Waals surface area (Å²) < 4.78 is 0. The molecule has 3 N–H and O–H groups in total. The van der Waals surface area contributed by atoms with Gasteiger partial charge in [-0.1, -0.05) is 53.5 Å². The number of aromatic nitrogens is 2. The molecule has 0 aliphatic heterocycles. The Kier molecular flexibility index (Phi) is 5.30. The van der Waals surface area contributed by atoms with Crippen LogP contribution in [0, 0.1) is 0 Å². The molecule has 1 aromatic heterocycles. The van der Waals surface area contributed by atoms with Crippen LogP contribution in [0.3, 0.4) is 0 Å². The van der Waals surface area contributed by atoms with Gasteiger partial charge in [0.25, 0.3) is 5.91 Å². The number of amides is 1. The normalized spacial score (nSPS) is 15.5. The maximum Gasteiger partial charge on any atom is 0.251 e. The van der Waals surface area contributed by atoms with Gasteiger partial charge in [-0.3, -0.25) is 4.79 Å². The van der Waals surface area contributed by atoms with Crippen molar-refractivity contribution in [3.05, 3.63) is 87.4 Å². The number of halogens is 2. The van der Waals surface area contributed by atoms with Crippen LogP contribution in [0.2, 0.25) is 10.0 Å². The van der Waals surface area contributed by atoms with Crippen molar-refractivity contribution in [3.8, 4) is 0 Å². The molecule has 0 bridgehead atoms. The Morgan fingerprint density at radius 1 is 1.00 bits per heavy atom.